The average Bonchev–Trinajstić information content (AvgIpc) is 2.66. The maximum absolute atomic E-state index is 12.2. The molecule has 0 aliphatic rings. The van der Waals surface area contributed by atoms with Gasteiger partial charge in [-0.15, -0.1) is 0 Å². The summed E-state index contributed by atoms with van der Waals surface area (Å²) in [5.41, 5.74) is 1.89. The molecule has 0 atom stereocenters. The highest BCUT2D eigenvalue weighted by atomic mass is 35.5. The Morgan fingerprint density at radius 1 is 0.962 bits per heavy atom. The summed E-state index contributed by atoms with van der Waals surface area (Å²) in [6, 6.07) is 15.6. The summed E-state index contributed by atoms with van der Waals surface area (Å²) in [7, 11) is 1.58. The van der Waals surface area contributed by atoms with Crippen molar-refractivity contribution in [1.82, 2.24) is 4.98 Å². The van der Waals surface area contributed by atoms with Gasteiger partial charge in [-0.3, -0.25) is 4.79 Å². The Labute approximate surface area is 160 Å². The second kappa shape index (κ2) is 8.08. The summed E-state index contributed by atoms with van der Waals surface area (Å²) in [6.45, 7) is 0. The van der Waals surface area contributed by atoms with Crippen LogP contribution in [-0.2, 0) is 0 Å². The van der Waals surface area contributed by atoms with Crippen molar-refractivity contribution in [2.24, 2.45) is 0 Å². The van der Waals surface area contributed by atoms with E-state index >= 15 is 0 Å². The van der Waals surface area contributed by atoms with Crippen molar-refractivity contribution < 1.29 is 9.53 Å². The van der Waals surface area contributed by atoms with E-state index in [-0.39, 0.29) is 5.91 Å². The SMILES string of the molecule is COc1ccc(C(=O)Nc2ccc(Nc3ccc(Cl)c(Cl)c3)nc2)cc1. The van der Waals surface area contributed by atoms with Gasteiger partial charge in [0.2, 0.25) is 0 Å². The normalized spacial score (nSPS) is 10.3. The number of ether oxygens (including phenoxy) is 1. The smallest absolute Gasteiger partial charge is 0.255 e. The molecular weight excluding hydrogens is 373 g/mol. The van der Waals surface area contributed by atoms with Gasteiger partial charge < -0.3 is 15.4 Å². The number of anilines is 3. The second-order valence-electron chi connectivity index (χ2n) is 5.37. The van der Waals surface area contributed by atoms with Crippen LogP contribution < -0.4 is 15.4 Å². The Hall–Kier alpha value is -2.76. The van der Waals surface area contributed by atoms with E-state index in [1.807, 2.05) is 0 Å². The summed E-state index contributed by atoms with van der Waals surface area (Å²) in [6.07, 6.45) is 1.57. The molecule has 0 aliphatic carbocycles. The van der Waals surface area contributed by atoms with E-state index in [1.165, 1.54) is 0 Å². The predicted octanol–water partition coefficient (Wildman–Crippen LogP) is 5.39. The number of halogens is 2. The van der Waals surface area contributed by atoms with E-state index in [1.54, 1.807) is 67.9 Å². The largest absolute Gasteiger partial charge is 0.497 e. The number of methoxy groups -OCH3 is 1. The van der Waals surface area contributed by atoms with Gasteiger partial charge in [0.1, 0.15) is 11.6 Å². The minimum atomic E-state index is -0.223. The number of carbonyl (C=O) groups is 1. The van der Waals surface area contributed by atoms with Crippen LogP contribution in [-0.4, -0.2) is 18.0 Å². The third-order valence-corrected chi connectivity index (χ3v) is 4.30. The molecular formula is C19H15Cl2N3O2. The quantitative estimate of drug-likeness (QED) is 0.615. The van der Waals surface area contributed by atoms with Crippen LogP contribution in [0.25, 0.3) is 0 Å². The van der Waals surface area contributed by atoms with Gasteiger partial charge in [-0.25, -0.2) is 4.98 Å². The van der Waals surface area contributed by atoms with E-state index in [0.717, 1.165) is 5.69 Å². The Morgan fingerprint density at radius 2 is 1.69 bits per heavy atom. The molecule has 5 nitrogen and oxygen atoms in total. The molecule has 0 bridgehead atoms. The van der Waals surface area contributed by atoms with E-state index in [2.05, 4.69) is 15.6 Å². The molecule has 0 saturated heterocycles. The van der Waals surface area contributed by atoms with Crippen LogP contribution in [0.15, 0.2) is 60.8 Å². The third kappa shape index (κ3) is 4.45. The lowest BCUT2D eigenvalue weighted by Crippen LogP contribution is -2.12. The van der Waals surface area contributed by atoms with Crippen molar-refractivity contribution in [2.45, 2.75) is 0 Å². The number of pyridine rings is 1. The van der Waals surface area contributed by atoms with Crippen LogP contribution in [0, 0.1) is 0 Å². The summed E-state index contributed by atoms with van der Waals surface area (Å²) in [4.78, 5) is 16.5. The minimum Gasteiger partial charge on any atom is -0.497 e. The molecule has 0 spiro atoms. The zero-order valence-corrected chi connectivity index (χ0v) is 15.3. The molecule has 0 radical (unpaired) electrons. The van der Waals surface area contributed by atoms with Crippen LogP contribution in [0.5, 0.6) is 5.75 Å². The molecule has 0 fully saturated rings. The van der Waals surface area contributed by atoms with Crippen molar-refractivity contribution in [2.75, 3.05) is 17.7 Å². The summed E-state index contributed by atoms with van der Waals surface area (Å²) in [5.74, 6) is 1.09. The standard InChI is InChI=1S/C19H15Cl2N3O2/c1-26-15-6-2-12(3-7-15)19(25)24-14-5-9-18(22-11-14)23-13-4-8-16(20)17(21)10-13/h2-11H,1H3,(H,22,23)(H,24,25). The van der Waals surface area contributed by atoms with Gasteiger partial charge in [0.05, 0.1) is 29.0 Å². The molecule has 1 aromatic heterocycles. The number of rotatable bonds is 5. The van der Waals surface area contributed by atoms with Crippen LogP contribution >= 0.6 is 23.2 Å². The fourth-order valence-electron chi connectivity index (χ4n) is 2.21. The van der Waals surface area contributed by atoms with Crippen molar-refractivity contribution in [3.63, 3.8) is 0 Å². The highest BCUT2D eigenvalue weighted by Gasteiger charge is 2.07. The molecule has 26 heavy (non-hydrogen) atoms. The number of aromatic nitrogens is 1. The molecule has 2 N–H and O–H groups in total. The molecule has 132 valence electrons. The first-order chi connectivity index (χ1) is 12.5. The molecule has 1 heterocycles. The Kier molecular flexibility index (Phi) is 5.61. The van der Waals surface area contributed by atoms with Crippen molar-refractivity contribution in [1.29, 1.82) is 0 Å². The summed E-state index contributed by atoms with van der Waals surface area (Å²) >= 11 is 11.9. The van der Waals surface area contributed by atoms with Gasteiger partial charge in [-0.1, -0.05) is 23.2 Å². The fraction of sp³-hybridized carbons (Fsp3) is 0.0526. The van der Waals surface area contributed by atoms with E-state index in [4.69, 9.17) is 27.9 Å². The van der Waals surface area contributed by atoms with Gasteiger partial charge >= 0.3 is 0 Å². The Bertz CT molecular complexity index is 913. The summed E-state index contributed by atoms with van der Waals surface area (Å²) in [5, 5.41) is 6.86. The molecule has 7 heteroatoms. The summed E-state index contributed by atoms with van der Waals surface area (Å²) < 4.78 is 5.08. The highest BCUT2D eigenvalue weighted by Crippen LogP contribution is 2.26. The zero-order chi connectivity index (χ0) is 18.5. The maximum Gasteiger partial charge on any atom is 0.255 e. The number of amides is 1. The molecule has 0 unspecified atom stereocenters. The predicted molar refractivity (Wildman–Crippen MR) is 105 cm³/mol. The van der Waals surface area contributed by atoms with Gasteiger partial charge in [-0.2, -0.15) is 0 Å². The van der Waals surface area contributed by atoms with Gasteiger partial charge in [0.15, 0.2) is 0 Å². The molecule has 1 amide bonds. The topological polar surface area (TPSA) is 63.2 Å². The van der Waals surface area contributed by atoms with Crippen LogP contribution in [0.3, 0.4) is 0 Å². The van der Waals surface area contributed by atoms with Crippen molar-refractivity contribution >= 4 is 46.3 Å². The Morgan fingerprint density at radius 3 is 2.31 bits per heavy atom. The van der Waals surface area contributed by atoms with Crippen molar-refractivity contribution in [3.05, 3.63) is 76.4 Å². The molecule has 3 aromatic rings. The Balaban J connectivity index is 1.65. The molecule has 0 aliphatic heterocycles. The van der Waals surface area contributed by atoms with Crippen LogP contribution in [0.2, 0.25) is 10.0 Å². The first kappa shape index (κ1) is 18.0. The molecule has 3 rings (SSSR count). The first-order valence-electron chi connectivity index (χ1n) is 7.69. The third-order valence-electron chi connectivity index (χ3n) is 3.57. The lowest BCUT2D eigenvalue weighted by Gasteiger charge is -2.09. The van der Waals surface area contributed by atoms with E-state index in [0.29, 0.717) is 32.9 Å². The van der Waals surface area contributed by atoms with Crippen LogP contribution in [0.1, 0.15) is 10.4 Å². The number of carbonyl (C=O) groups excluding carboxylic acids is 1. The van der Waals surface area contributed by atoms with Crippen LogP contribution in [0.4, 0.5) is 17.2 Å². The molecule has 0 saturated carbocycles. The van der Waals surface area contributed by atoms with Crippen molar-refractivity contribution in [3.8, 4) is 5.75 Å². The highest BCUT2D eigenvalue weighted by molar-refractivity contribution is 6.42. The number of benzene rings is 2. The number of hydrogen-bond donors (Lipinski definition) is 2. The molecule has 2 aromatic carbocycles. The monoisotopic (exact) mass is 387 g/mol. The van der Waals surface area contributed by atoms with Gasteiger partial charge in [0.25, 0.3) is 5.91 Å². The minimum absolute atomic E-state index is 0.223. The first-order valence-corrected chi connectivity index (χ1v) is 8.44. The number of hydrogen-bond acceptors (Lipinski definition) is 4. The average molecular weight is 388 g/mol. The lowest BCUT2D eigenvalue weighted by molar-refractivity contribution is 0.102. The lowest BCUT2D eigenvalue weighted by atomic mass is 10.2. The fourth-order valence-corrected chi connectivity index (χ4v) is 2.51. The van der Waals surface area contributed by atoms with E-state index < -0.39 is 0 Å². The number of nitrogens with zero attached hydrogens (tertiary/aromatic N) is 1. The second-order valence-corrected chi connectivity index (χ2v) is 6.18. The zero-order valence-electron chi connectivity index (χ0n) is 13.8. The number of nitrogens with one attached hydrogen (secondary N) is 2. The van der Waals surface area contributed by atoms with Gasteiger partial charge in [-0.05, 0) is 54.6 Å². The van der Waals surface area contributed by atoms with Gasteiger partial charge in [0, 0.05) is 11.3 Å². The van der Waals surface area contributed by atoms with E-state index in [9.17, 15) is 4.79 Å². The maximum atomic E-state index is 12.2.